The first-order chi connectivity index (χ1) is 12.9. The Kier molecular flexibility index (Phi) is 4.17. The Morgan fingerprint density at radius 2 is 1.63 bits per heavy atom. The minimum Gasteiger partial charge on any atom is -0.361 e. The van der Waals surface area contributed by atoms with Crippen LogP contribution in [0.1, 0.15) is 5.56 Å². The summed E-state index contributed by atoms with van der Waals surface area (Å²) < 4.78 is 27.6. The summed E-state index contributed by atoms with van der Waals surface area (Å²) in [7, 11) is -3.76. The molecule has 0 aliphatic heterocycles. The van der Waals surface area contributed by atoms with E-state index in [1.165, 1.54) is 18.2 Å². The molecular weight excluding hydrogens is 368 g/mol. The summed E-state index contributed by atoms with van der Waals surface area (Å²) in [5, 5.41) is 1.06. The molecule has 4 aromatic rings. The van der Waals surface area contributed by atoms with Gasteiger partial charge in [0.2, 0.25) is 10.0 Å². The van der Waals surface area contributed by atoms with Crippen molar-refractivity contribution in [3.05, 3.63) is 74.9 Å². The van der Waals surface area contributed by atoms with Gasteiger partial charge in [0, 0.05) is 23.6 Å². The quantitative estimate of drug-likeness (QED) is 0.386. The number of hydrogen-bond acceptors (Lipinski definition) is 4. The Morgan fingerprint density at radius 1 is 0.889 bits per heavy atom. The molecule has 0 saturated heterocycles. The van der Waals surface area contributed by atoms with Crippen molar-refractivity contribution in [2.45, 2.75) is 11.3 Å². The van der Waals surface area contributed by atoms with Crippen LogP contribution in [0.2, 0.25) is 0 Å². The largest absolute Gasteiger partial charge is 0.361 e. The van der Waals surface area contributed by atoms with Crippen LogP contribution in [0.5, 0.6) is 0 Å². The standard InChI is InChI=1S/C18H16N4O4S/c23-17-18(24)22-16-9-12(5-6-15(16)21-17)27(25,26)20-8-7-11-10-19-14-4-2-1-3-13(11)14/h1-6,9-10,19-20H,7-8H2,(H,21,23)(H,22,24). The summed E-state index contributed by atoms with van der Waals surface area (Å²) in [6.45, 7) is 0.227. The number of sulfonamides is 1. The van der Waals surface area contributed by atoms with Gasteiger partial charge < -0.3 is 15.0 Å². The molecule has 0 saturated carbocycles. The van der Waals surface area contributed by atoms with E-state index in [1.54, 1.807) is 0 Å². The van der Waals surface area contributed by atoms with Gasteiger partial charge in [0.25, 0.3) is 0 Å². The molecule has 8 nitrogen and oxygen atoms in total. The van der Waals surface area contributed by atoms with E-state index in [-0.39, 0.29) is 17.0 Å². The number of benzene rings is 2. The van der Waals surface area contributed by atoms with Crippen molar-refractivity contribution in [3.8, 4) is 0 Å². The highest BCUT2D eigenvalue weighted by Gasteiger charge is 2.15. The van der Waals surface area contributed by atoms with Crippen LogP contribution in [0.3, 0.4) is 0 Å². The van der Waals surface area contributed by atoms with Crippen molar-refractivity contribution in [1.29, 1.82) is 0 Å². The van der Waals surface area contributed by atoms with Crippen molar-refractivity contribution >= 4 is 32.0 Å². The van der Waals surface area contributed by atoms with Crippen LogP contribution in [-0.2, 0) is 16.4 Å². The van der Waals surface area contributed by atoms with Crippen LogP contribution in [0.25, 0.3) is 21.9 Å². The monoisotopic (exact) mass is 384 g/mol. The van der Waals surface area contributed by atoms with Gasteiger partial charge in [-0.2, -0.15) is 0 Å². The third-order valence-electron chi connectivity index (χ3n) is 4.37. The fraction of sp³-hybridized carbons (Fsp3) is 0.111. The van der Waals surface area contributed by atoms with Crippen LogP contribution >= 0.6 is 0 Å². The Bertz CT molecular complexity index is 1370. The highest BCUT2D eigenvalue weighted by atomic mass is 32.2. The molecule has 2 heterocycles. The maximum Gasteiger partial charge on any atom is 0.314 e. The number of rotatable bonds is 5. The first-order valence-electron chi connectivity index (χ1n) is 8.25. The second-order valence-electron chi connectivity index (χ2n) is 6.12. The summed E-state index contributed by atoms with van der Waals surface area (Å²) in [4.78, 5) is 30.7. The van der Waals surface area contributed by atoms with Gasteiger partial charge in [0.1, 0.15) is 0 Å². The molecule has 0 spiro atoms. The number of H-pyrrole nitrogens is 3. The van der Waals surface area contributed by atoms with Crippen LogP contribution in [0, 0.1) is 0 Å². The molecule has 0 unspecified atom stereocenters. The summed E-state index contributed by atoms with van der Waals surface area (Å²) in [6.07, 6.45) is 2.40. The van der Waals surface area contributed by atoms with Crippen molar-refractivity contribution in [3.63, 3.8) is 0 Å². The van der Waals surface area contributed by atoms with Crippen LogP contribution < -0.4 is 15.8 Å². The van der Waals surface area contributed by atoms with Crippen molar-refractivity contribution in [2.75, 3.05) is 6.54 Å². The van der Waals surface area contributed by atoms with E-state index in [2.05, 4.69) is 19.7 Å². The van der Waals surface area contributed by atoms with Gasteiger partial charge in [-0.25, -0.2) is 13.1 Å². The van der Waals surface area contributed by atoms with E-state index in [1.807, 2.05) is 30.5 Å². The minimum atomic E-state index is -3.76. The number of aromatic nitrogens is 3. The molecule has 0 amide bonds. The number of hydrogen-bond donors (Lipinski definition) is 4. The number of aromatic amines is 3. The summed E-state index contributed by atoms with van der Waals surface area (Å²) >= 11 is 0. The second-order valence-corrected chi connectivity index (χ2v) is 7.89. The molecule has 138 valence electrons. The fourth-order valence-corrected chi connectivity index (χ4v) is 4.06. The average Bonchev–Trinajstić information content (AvgIpc) is 3.05. The lowest BCUT2D eigenvalue weighted by molar-refractivity contribution is 0.582. The summed E-state index contributed by atoms with van der Waals surface area (Å²) in [5.74, 6) is 0. The summed E-state index contributed by atoms with van der Waals surface area (Å²) in [5.41, 5.74) is 1.02. The van der Waals surface area contributed by atoms with Gasteiger partial charge in [-0.3, -0.25) is 9.59 Å². The van der Waals surface area contributed by atoms with Crippen LogP contribution in [0.4, 0.5) is 0 Å². The third kappa shape index (κ3) is 3.29. The van der Waals surface area contributed by atoms with Crippen molar-refractivity contribution < 1.29 is 8.42 Å². The Balaban J connectivity index is 1.54. The van der Waals surface area contributed by atoms with Gasteiger partial charge in [-0.15, -0.1) is 0 Å². The van der Waals surface area contributed by atoms with Gasteiger partial charge in [0.15, 0.2) is 0 Å². The number of nitrogens with one attached hydrogen (secondary N) is 4. The maximum atomic E-state index is 12.5. The molecular formula is C18H16N4O4S. The molecule has 0 fully saturated rings. The van der Waals surface area contributed by atoms with E-state index in [0.29, 0.717) is 11.9 Å². The lowest BCUT2D eigenvalue weighted by Crippen LogP contribution is -2.29. The lowest BCUT2D eigenvalue weighted by atomic mass is 10.1. The zero-order valence-electron chi connectivity index (χ0n) is 14.1. The molecule has 0 bridgehead atoms. The maximum absolute atomic E-state index is 12.5. The predicted molar refractivity (Wildman–Crippen MR) is 102 cm³/mol. The van der Waals surface area contributed by atoms with Crippen LogP contribution in [-0.4, -0.2) is 29.9 Å². The molecule has 0 aliphatic rings. The smallest absolute Gasteiger partial charge is 0.314 e. The molecule has 0 radical (unpaired) electrons. The fourth-order valence-electron chi connectivity index (χ4n) is 3.00. The van der Waals surface area contributed by atoms with Crippen molar-refractivity contribution in [1.82, 2.24) is 19.7 Å². The van der Waals surface area contributed by atoms with Gasteiger partial charge >= 0.3 is 11.1 Å². The number of para-hydroxylation sites is 1. The molecule has 27 heavy (non-hydrogen) atoms. The average molecular weight is 384 g/mol. The Morgan fingerprint density at radius 3 is 2.44 bits per heavy atom. The Labute approximate surface area is 153 Å². The highest BCUT2D eigenvalue weighted by molar-refractivity contribution is 7.89. The van der Waals surface area contributed by atoms with Gasteiger partial charge in [0.05, 0.1) is 15.9 Å². The first kappa shape index (κ1) is 17.3. The number of fused-ring (bicyclic) bond motifs is 2. The van der Waals surface area contributed by atoms with E-state index in [9.17, 15) is 18.0 Å². The summed E-state index contributed by atoms with van der Waals surface area (Å²) in [6, 6.07) is 12.0. The molecule has 2 aromatic heterocycles. The normalized spacial score (nSPS) is 12.0. The SMILES string of the molecule is O=c1[nH]c2ccc(S(=O)(=O)NCCc3c[nH]c4ccccc34)cc2[nH]c1=O. The molecule has 0 atom stereocenters. The zero-order chi connectivity index (χ0) is 19.0. The second kappa shape index (κ2) is 6.53. The third-order valence-corrected chi connectivity index (χ3v) is 5.82. The molecule has 2 aromatic carbocycles. The van der Waals surface area contributed by atoms with E-state index >= 15 is 0 Å². The van der Waals surface area contributed by atoms with Gasteiger partial charge in [-0.1, -0.05) is 18.2 Å². The zero-order valence-corrected chi connectivity index (χ0v) is 14.9. The van der Waals surface area contributed by atoms with Crippen molar-refractivity contribution in [2.24, 2.45) is 0 Å². The topological polar surface area (TPSA) is 128 Å². The molecule has 9 heteroatoms. The Hall–Kier alpha value is -3.17. The minimum absolute atomic E-state index is 0.0108. The van der Waals surface area contributed by atoms with E-state index in [0.717, 1.165) is 16.5 Å². The molecule has 0 aliphatic carbocycles. The highest BCUT2D eigenvalue weighted by Crippen LogP contribution is 2.18. The molecule has 4 N–H and O–H groups in total. The lowest BCUT2D eigenvalue weighted by Gasteiger charge is -2.07. The van der Waals surface area contributed by atoms with Gasteiger partial charge in [-0.05, 0) is 36.2 Å². The predicted octanol–water partition coefficient (Wildman–Crippen LogP) is 1.22. The first-order valence-corrected chi connectivity index (χ1v) is 9.73. The molecule has 4 rings (SSSR count). The van der Waals surface area contributed by atoms with Crippen LogP contribution in [0.15, 0.2) is 63.1 Å². The van der Waals surface area contributed by atoms with E-state index < -0.39 is 21.1 Å². The van der Waals surface area contributed by atoms with E-state index in [4.69, 9.17) is 0 Å².